The van der Waals surface area contributed by atoms with Gasteiger partial charge in [0.2, 0.25) is 0 Å². The largest absolute Gasteiger partial charge is 0.478 e. The van der Waals surface area contributed by atoms with Gasteiger partial charge >= 0.3 is 5.97 Å². The molecule has 0 unspecified atom stereocenters. The number of carboxylic acid groups (broad SMARTS) is 1. The average Bonchev–Trinajstić information content (AvgIpc) is 2.68. The lowest BCUT2D eigenvalue weighted by Gasteiger charge is -2.32. The molecule has 2 N–H and O–H groups in total. The van der Waals surface area contributed by atoms with Crippen molar-refractivity contribution in [2.75, 3.05) is 13.1 Å². The minimum absolute atomic E-state index is 0.0193. The van der Waals surface area contributed by atoms with Crippen molar-refractivity contribution < 1.29 is 19.5 Å². The Hall–Kier alpha value is -3.22. The topological polar surface area (TPSA) is 99.6 Å². The molecule has 1 aliphatic heterocycles. The number of carbonyl (C=O) groups is 3. The van der Waals surface area contributed by atoms with Crippen LogP contribution in [0.25, 0.3) is 0 Å². The molecule has 134 valence electrons. The van der Waals surface area contributed by atoms with E-state index in [9.17, 15) is 19.5 Å². The van der Waals surface area contributed by atoms with Gasteiger partial charge in [-0.05, 0) is 37.1 Å². The second kappa shape index (κ2) is 7.77. The summed E-state index contributed by atoms with van der Waals surface area (Å²) in [7, 11) is 0. The van der Waals surface area contributed by atoms with Crippen LogP contribution in [-0.2, 0) is 0 Å². The number of carboxylic acids is 1. The Morgan fingerprint density at radius 1 is 1.04 bits per heavy atom. The van der Waals surface area contributed by atoms with E-state index in [2.05, 4.69) is 10.3 Å². The van der Waals surface area contributed by atoms with E-state index in [-0.39, 0.29) is 23.1 Å². The number of carbonyl (C=O) groups excluding carboxylic acids is 2. The Kier molecular flexibility index (Phi) is 5.26. The van der Waals surface area contributed by atoms with Gasteiger partial charge < -0.3 is 15.3 Å². The van der Waals surface area contributed by atoms with Crippen molar-refractivity contribution in [2.45, 2.75) is 18.9 Å². The van der Waals surface area contributed by atoms with Gasteiger partial charge in [-0.2, -0.15) is 0 Å². The van der Waals surface area contributed by atoms with Gasteiger partial charge in [0.1, 0.15) is 0 Å². The molecule has 0 saturated carbocycles. The van der Waals surface area contributed by atoms with Crippen LogP contribution in [0.1, 0.15) is 43.9 Å². The van der Waals surface area contributed by atoms with Gasteiger partial charge in [-0.15, -0.1) is 0 Å². The van der Waals surface area contributed by atoms with Crippen LogP contribution in [0.3, 0.4) is 0 Å². The van der Waals surface area contributed by atoms with E-state index >= 15 is 0 Å². The number of nitrogens with zero attached hydrogens (tertiary/aromatic N) is 2. The maximum Gasteiger partial charge on any atom is 0.336 e. The highest BCUT2D eigenvalue weighted by Crippen LogP contribution is 2.15. The minimum Gasteiger partial charge on any atom is -0.478 e. The Morgan fingerprint density at radius 3 is 2.35 bits per heavy atom. The monoisotopic (exact) mass is 353 g/mol. The molecule has 26 heavy (non-hydrogen) atoms. The van der Waals surface area contributed by atoms with Crippen molar-refractivity contribution in [2.24, 2.45) is 0 Å². The Labute approximate surface area is 150 Å². The third-order valence-corrected chi connectivity index (χ3v) is 4.43. The van der Waals surface area contributed by atoms with Crippen molar-refractivity contribution in [3.63, 3.8) is 0 Å². The molecule has 3 rings (SSSR count). The number of piperidine rings is 1. The molecule has 0 radical (unpaired) electrons. The molecular formula is C19H19N3O4. The Bertz CT molecular complexity index is 815. The van der Waals surface area contributed by atoms with Crippen LogP contribution in [-0.4, -0.2) is 51.9 Å². The van der Waals surface area contributed by atoms with Gasteiger partial charge in [0.15, 0.2) is 0 Å². The highest BCUT2D eigenvalue weighted by atomic mass is 16.4. The molecule has 1 aliphatic rings. The van der Waals surface area contributed by atoms with Crippen molar-refractivity contribution in [3.05, 3.63) is 65.5 Å². The molecule has 2 heterocycles. The first kappa shape index (κ1) is 17.6. The molecule has 1 aromatic carbocycles. The summed E-state index contributed by atoms with van der Waals surface area (Å²) >= 11 is 0. The summed E-state index contributed by atoms with van der Waals surface area (Å²) in [5, 5.41) is 12.1. The van der Waals surface area contributed by atoms with E-state index in [1.807, 2.05) is 0 Å². The van der Waals surface area contributed by atoms with Gasteiger partial charge in [0, 0.05) is 31.5 Å². The number of pyridine rings is 1. The van der Waals surface area contributed by atoms with Crippen LogP contribution < -0.4 is 5.32 Å². The van der Waals surface area contributed by atoms with Gasteiger partial charge in [0.25, 0.3) is 11.8 Å². The van der Waals surface area contributed by atoms with Crippen molar-refractivity contribution >= 4 is 17.8 Å². The zero-order valence-corrected chi connectivity index (χ0v) is 14.1. The fourth-order valence-corrected chi connectivity index (χ4v) is 3.03. The molecule has 0 bridgehead atoms. The number of aromatic nitrogens is 1. The van der Waals surface area contributed by atoms with Crippen LogP contribution in [0.15, 0.2) is 48.8 Å². The second-order valence-electron chi connectivity index (χ2n) is 6.13. The van der Waals surface area contributed by atoms with E-state index < -0.39 is 11.9 Å². The van der Waals surface area contributed by atoms with E-state index in [1.54, 1.807) is 41.6 Å². The Morgan fingerprint density at radius 2 is 1.73 bits per heavy atom. The summed E-state index contributed by atoms with van der Waals surface area (Å²) < 4.78 is 0. The van der Waals surface area contributed by atoms with E-state index in [0.29, 0.717) is 31.5 Å². The highest BCUT2D eigenvalue weighted by molar-refractivity contribution is 6.04. The van der Waals surface area contributed by atoms with Gasteiger partial charge in [0.05, 0.1) is 16.7 Å². The summed E-state index contributed by atoms with van der Waals surface area (Å²) in [4.78, 5) is 41.8. The maximum absolute atomic E-state index is 12.4. The first-order valence-corrected chi connectivity index (χ1v) is 8.38. The third kappa shape index (κ3) is 3.88. The zero-order chi connectivity index (χ0) is 18.5. The summed E-state index contributed by atoms with van der Waals surface area (Å²) in [6.45, 7) is 1.05. The normalized spacial score (nSPS) is 14.7. The third-order valence-electron chi connectivity index (χ3n) is 4.43. The van der Waals surface area contributed by atoms with Gasteiger partial charge in [-0.25, -0.2) is 4.79 Å². The fourth-order valence-electron chi connectivity index (χ4n) is 3.03. The Balaban J connectivity index is 1.58. The lowest BCUT2D eigenvalue weighted by molar-refractivity contribution is 0.0675. The van der Waals surface area contributed by atoms with Crippen LogP contribution in [0, 0.1) is 0 Å². The molecule has 1 saturated heterocycles. The van der Waals surface area contributed by atoms with Crippen LogP contribution >= 0.6 is 0 Å². The molecule has 2 aromatic rings. The quantitative estimate of drug-likeness (QED) is 0.873. The predicted octanol–water partition coefficient (Wildman–Crippen LogP) is 1.81. The molecule has 1 fully saturated rings. The number of likely N-dealkylation sites (tertiary alicyclic amines) is 1. The maximum atomic E-state index is 12.4. The summed E-state index contributed by atoms with van der Waals surface area (Å²) in [5.74, 6) is -1.60. The van der Waals surface area contributed by atoms with Gasteiger partial charge in [-0.1, -0.05) is 12.1 Å². The van der Waals surface area contributed by atoms with E-state index in [0.717, 1.165) is 0 Å². The zero-order valence-electron chi connectivity index (χ0n) is 14.1. The summed E-state index contributed by atoms with van der Waals surface area (Å²) in [5.41, 5.74) is 0.674. The van der Waals surface area contributed by atoms with Crippen LogP contribution in [0.4, 0.5) is 0 Å². The second-order valence-corrected chi connectivity index (χ2v) is 6.13. The van der Waals surface area contributed by atoms with Crippen LogP contribution in [0.5, 0.6) is 0 Å². The molecule has 0 atom stereocenters. The van der Waals surface area contributed by atoms with Crippen molar-refractivity contribution in [3.8, 4) is 0 Å². The first-order valence-electron chi connectivity index (χ1n) is 8.38. The fraction of sp³-hybridized carbons (Fsp3) is 0.263. The standard InChI is InChI=1S/C19H19N3O4/c23-17(15-5-1-2-6-16(15)19(25)26)21-14-7-10-22(11-8-14)18(24)13-4-3-9-20-12-13/h1-6,9,12,14H,7-8,10-11H2,(H,21,23)(H,25,26). The van der Waals surface area contributed by atoms with Crippen LogP contribution in [0.2, 0.25) is 0 Å². The first-order chi connectivity index (χ1) is 12.6. The molecule has 1 aromatic heterocycles. The molecule has 0 spiro atoms. The highest BCUT2D eigenvalue weighted by Gasteiger charge is 2.26. The molecule has 7 nitrogen and oxygen atoms in total. The van der Waals surface area contributed by atoms with Crippen molar-refractivity contribution in [1.29, 1.82) is 0 Å². The number of aromatic carboxylic acids is 1. The molecule has 2 amide bonds. The SMILES string of the molecule is O=C(O)c1ccccc1C(=O)NC1CCN(C(=O)c2cccnc2)CC1. The summed E-state index contributed by atoms with van der Waals surface area (Å²) in [6, 6.07) is 9.49. The number of rotatable bonds is 4. The molecule has 0 aliphatic carbocycles. The average molecular weight is 353 g/mol. The minimum atomic E-state index is -1.13. The number of benzene rings is 1. The van der Waals surface area contributed by atoms with Gasteiger partial charge in [-0.3, -0.25) is 14.6 Å². The smallest absolute Gasteiger partial charge is 0.336 e. The number of hydrogen-bond donors (Lipinski definition) is 2. The predicted molar refractivity (Wildman–Crippen MR) is 94.0 cm³/mol. The molecular weight excluding hydrogens is 334 g/mol. The summed E-state index contributed by atoms with van der Waals surface area (Å²) in [6.07, 6.45) is 4.40. The lowest BCUT2D eigenvalue weighted by atomic mass is 10.0. The number of hydrogen-bond acceptors (Lipinski definition) is 4. The van der Waals surface area contributed by atoms with E-state index in [1.165, 1.54) is 12.1 Å². The number of amides is 2. The van der Waals surface area contributed by atoms with E-state index in [4.69, 9.17) is 0 Å². The van der Waals surface area contributed by atoms with Crippen molar-refractivity contribution in [1.82, 2.24) is 15.2 Å². The lowest BCUT2D eigenvalue weighted by Crippen LogP contribution is -2.46. The number of nitrogens with one attached hydrogen (secondary N) is 1. The molecule has 7 heteroatoms.